The first-order valence-corrected chi connectivity index (χ1v) is 9.27. The van der Waals surface area contributed by atoms with Crippen LogP contribution in [0.15, 0.2) is 70.8 Å². The fourth-order valence-corrected chi connectivity index (χ4v) is 3.28. The molecule has 9 heteroatoms. The van der Waals surface area contributed by atoms with Crippen LogP contribution in [0.5, 0.6) is 0 Å². The predicted molar refractivity (Wildman–Crippen MR) is 105 cm³/mol. The maximum Gasteiger partial charge on any atom is 0.277 e. The number of halogens is 2. The molecule has 0 fully saturated rings. The molecule has 0 saturated carbocycles. The van der Waals surface area contributed by atoms with Crippen molar-refractivity contribution in [2.24, 2.45) is 0 Å². The Kier molecular flexibility index (Phi) is 4.96. The molecule has 0 bridgehead atoms. The number of hydrogen-bond acceptors (Lipinski definition) is 5. The lowest BCUT2D eigenvalue weighted by molar-refractivity contribution is 0.102. The lowest BCUT2D eigenvalue weighted by Crippen LogP contribution is -2.24. The van der Waals surface area contributed by atoms with Crippen molar-refractivity contribution in [2.75, 3.05) is 5.32 Å². The molecule has 144 valence electrons. The molecular formula is C20H12F2N4O2S. The van der Waals surface area contributed by atoms with Crippen LogP contribution in [0.4, 0.5) is 13.9 Å². The number of amides is 1. The molecule has 0 aliphatic rings. The van der Waals surface area contributed by atoms with Crippen molar-refractivity contribution >= 4 is 22.4 Å². The summed E-state index contributed by atoms with van der Waals surface area (Å²) in [7, 11) is 0. The quantitative estimate of drug-likeness (QED) is 0.554. The van der Waals surface area contributed by atoms with E-state index in [9.17, 15) is 18.4 Å². The van der Waals surface area contributed by atoms with Gasteiger partial charge in [0.1, 0.15) is 5.69 Å². The molecule has 29 heavy (non-hydrogen) atoms. The van der Waals surface area contributed by atoms with Gasteiger partial charge in [-0.25, -0.2) is 13.8 Å². The minimum atomic E-state index is -0.978. The van der Waals surface area contributed by atoms with Crippen molar-refractivity contribution in [2.45, 2.75) is 0 Å². The summed E-state index contributed by atoms with van der Waals surface area (Å²) in [5.41, 5.74) is 0.963. The summed E-state index contributed by atoms with van der Waals surface area (Å²) in [5, 5.41) is 8.57. The second-order valence-corrected chi connectivity index (χ2v) is 6.78. The molecular weight excluding hydrogens is 398 g/mol. The summed E-state index contributed by atoms with van der Waals surface area (Å²) < 4.78 is 27.6. The standard InChI is InChI=1S/C20H12F2N4O2S/c21-14-7-6-12(10-15(14)22)17-11-29-20(23-17)24-19(28)16-8-9-18(27)26(25-16)13-4-2-1-3-5-13/h1-11H,(H,23,24,28). The lowest BCUT2D eigenvalue weighted by Gasteiger charge is -2.06. The summed E-state index contributed by atoms with van der Waals surface area (Å²) >= 11 is 1.13. The van der Waals surface area contributed by atoms with Crippen LogP contribution in [-0.2, 0) is 0 Å². The molecule has 2 aromatic carbocycles. The second kappa shape index (κ2) is 7.72. The van der Waals surface area contributed by atoms with Crippen molar-refractivity contribution in [3.05, 3.63) is 93.7 Å². The van der Waals surface area contributed by atoms with E-state index in [1.807, 2.05) is 0 Å². The highest BCUT2D eigenvalue weighted by molar-refractivity contribution is 7.14. The minimum Gasteiger partial charge on any atom is -0.296 e. The van der Waals surface area contributed by atoms with Gasteiger partial charge >= 0.3 is 0 Å². The van der Waals surface area contributed by atoms with Crippen molar-refractivity contribution in [3.63, 3.8) is 0 Å². The first-order chi connectivity index (χ1) is 14.0. The predicted octanol–water partition coefficient (Wildman–Crippen LogP) is 3.89. The number of rotatable bonds is 4. The smallest absolute Gasteiger partial charge is 0.277 e. The zero-order valence-electron chi connectivity index (χ0n) is 14.7. The van der Waals surface area contributed by atoms with Gasteiger partial charge in [0.05, 0.1) is 11.4 Å². The summed E-state index contributed by atoms with van der Waals surface area (Å²) in [4.78, 5) is 28.8. The summed E-state index contributed by atoms with van der Waals surface area (Å²) in [6, 6.07) is 14.7. The van der Waals surface area contributed by atoms with Crippen LogP contribution >= 0.6 is 11.3 Å². The van der Waals surface area contributed by atoms with E-state index in [2.05, 4.69) is 15.4 Å². The van der Waals surface area contributed by atoms with Crippen LogP contribution < -0.4 is 10.9 Å². The molecule has 2 heterocycles. The number of anilines is 1. The van der Waals surface area contributed by atoms with E-state index in [0.29, 0.717) is 16.9 Å². The summed E-state index contributed by atoms with van der Waals surface area (Å²) in [5.74, 6) is -2.48. The van der Waals surface area contributed by atoms with Gasteiger partial charge in [-0.15, -0.1) is 11.3 Å². The van der Waals surface area contributed by atoms with Crippen molar-refractivity contribution < 1.29 is 13.6 Å². The largest absolute Gasteiger partial charge is 0.296 e. The highest BCUT2D eigenvalue weighted by Crippen LogP contribution is 2.26. The molecule has 4 aromatic rings. The van der Waals surface area contributed by atoms with Gasteiger partial charge < -0.3 is 0 Å². The van der Waals surface area contributed by atoms with Crippen molar-refractivity contribution in [1.82, 2.24) is 14.8 Å². The van der Waals surface area contributed by atoms with E-state index in [1.54, 1.807) is 35.7 Å². The first-order valence-electron chi connectivity index (χ1n) is 8.39. The lowest BCUT2D eigenvalue weighted by atomic mass is 10.2. The molecule has 0 aliphatic heterocycles. The molecule has 0 unspecified atom stereocenters. The Morgan fingerprint density at radius 2 is 1.79 bits per heavy atom. The van der Waals surface area contributed by atoms with Gasteiger partial charge in [-0.05, 0) is 36.4 Å². The van der Waals surface area contributed by atoms with Crippen LogP contribution in [0.3, 0.4) is 0 Å². The molecule has 0 aliphatic carbocycles. The van der Waals surface area contributed by atoms with Crippen molar-refractivity contribution in [1.29, 1.82) is 0 Å². The number of carbonyl (C=O) groups is 1. The van der Waals surface area contributed by atoms with Crippen LogP contribution in [0.2, 0.25) is 0 Å². The molecule has 1 N–H and O–H groups in total. The summed E-state index contributed by atoms with van der Waals surface area (Å²) in [6.07, 6.45) is 0. The number of aromatic nitrogens is 3. The van der Waals surface area contributed by atoms with E-state index < -0.39 is 17.5 Å². The molecule has 0 radical (unpaired) electrons. The number of thiazole rings is 1. The first kappa shape index (κ1) is 18.6. The SMILES string of the molecule is O=C(Nc1nc(-c2ccc(F)c(F)c2)cs1)c1ccc(=O)n(-c2ccccc2)n1. The number of hydrogen-bond donors (Lipinski definition) is 1. The van der Waals surface area contributed by atoms with Gasteiger partial charge in [0.2, 0.25) is 0 Å². The van der Waals surface area contributed by atoms with Crippen LogP contribution in [0.1, 0.15) is 10.5 Å². The van der Waals surface area contributed by atoms with Crippen LogP contribution in [-0.4, -0.2) is 20.7 Å². The number of para-hydroxylation sites is 1. The molecule has 6 nitrogen and oxygen atoms in total. The zero-order valence-corrected chi connectivity index (χ0v) is 15.5. The van der Waals surface area contributed by atoms with Gasteiger partial charge in [0.25, 0.3) is 11.5 Å². The third-order valence-corrected chi connectivity index (χ3v) is 4.73. The molecule has 1 amide bonds. The average molecular weight is 410 g/mol. The fourth-order valence-electron chi connectivity index (χ4n) is 2.57. The molecule has 0 atom stereocenters. The zero-order chi connectivity index (χ0) is 20.4. The molecule has 0 spiro atoms. The Balaban J connectivity index is 1.57. The number of carbonyl (C=O) groups excluding carboxylic acids is 1. The van der Waals surface area contributed by atoms with Gasteiger partial charge in [-0.3, -0.25) is 14.9 Å². The Morgan fingerprint density at radius 1 is 1.00 bits per heavy atom. The summed E-state index contributed by atoms with van der Waals surface area (Å²) in [6.45, 7) is 0. The highest BCUT2D eigenvalue weighted by Gasteiger charge is 2.14. The van der Waals surface area contributed by atoms with Gasteiger partial charge in [0, 0.05) is 17.0 Å². The number of nitrogens with zero attached hydrogens (tertiary/aromatic N) is 3. The minimum absolute atomic E-state index is 0.0260. The Labute approximate surface area is 167 Å². The van der Waals surface area contributed by atoms with Crippen LogP contribution in [0.25, 0.3) is 16.9 Å². The average Bonchev–Trinajstić information content (AvgIpc) is 3.19. The normalized spacial score (nSPS) is 10.7. The third-order valence-electron chi connectivity index (χ3n) is 3.97. The van der Waals surface area contributed by atoms with E-state index in [4.69, 9.17) is 0 Å². The Bertz CT molecular complexity index is 1250. The van der Waals surface area contributed by atoms with E-state index >= 15 is 0 Å². The second-order valence-electron chi connectivity index (χ2n) is 5.93. The van der Waals surface area contributed by atoms with Crippen molar-refractivity contribution in [3.8, 4) is 16.9 Å². The van der Waals surface area contributed by atoms with Gasteiger partial charge in [-0.1, -0.05) is 18.2 Å². The molecule has 0 saturated heterocycles. The third kappa shape index (κ3) is 3.94. The Hall–Kier alpha value is -3.72. The maximum absolute atomic E-state index is 13.4. The van der Waals surface area contributed by atoms with E-state index in [0.717, 1.165) is 28.2 Å². The molecule has 2 aromatic heterocycles. The highest BCUT2D eigenvalue weighted by atomic mass is 32.1. The monoisotopic (exact) mass is 410 g/mol. The number of benzene rings is 2. The van der Waals surface area contributed by atoms with E-state index in [1.165, 1.54) is 18.2 Å². The van der Waals surface area contributed by atoms with E-state index in [-0.39, 0.29) is 16.4 Å². The topological polar surface area (TPSA) is 76.9 Å². The van der Waals surface area contributed by atoms with Gasteiger partial charge in [-0.2, -0.15) is 9.78 Å². The Morgan fingerprint density at radius 3 is 2.55 bits per heavy atom. The number of nitrogens with one attached hydrogen (secondary N) is 1. The molecule has 4 rings (SSSR count). The van der Waals surface area contributed by atoms with Gasteiger partial charge in [0.15, 0.2) is 16.8 Å². The van der Waals surface area contributed by atoms with Crippen LogP contribution in [0, 0.1) is 11.6 Å². The fraction of sp³-hybridized carbons (Fsp3) is 0. The maximum atomic E-state index is 13.4.